The van der Waals surface area contributed by atoms with Crippen LogP contribution in [0.25, 0.3) is 0 Å². The quantitative estimate of drug-likeness (QED) is 0.803. The van der Waals surface area contributed by atoms with Crippen molar-refractivity contribution in [1.82, 2.24) is 10.4 Å². The lowest BCUT2D eigenvalue weighted by molar-refractivity contribution is 0.0993. The zero-order valence-electron chi connectivity index (χ0n) is 15.6. The third kappa shape index (κ3) is 4.16. The summed E-state index contributed by atoms with van der Waals surface area (Å²) in [4.78, 5) is 28.4. The number of rotatable bonds is 4. The second kappa shape index (κ2) is 8.03. The third-order valence-electron chi connectivity index (χ3n) is 4.22. The summed E-state index contributed by atoms with van der Waals surface area (Å²) in [6.45, 7) is 5.65. The maximum atomic E-state index is 12.6. The van der Waals surface area contributed by atoms with Crippen LogP contribution in [0.4, 0.5) is 10.6 Å². The van der Waals surface area contributed by atoms with Gasteiger partial charge in [0.25, 0.3) is 5.91 Å². The van der Waals surface area contributed by atoms with Gasteiger partial charge in [0.1, 0.15) is 11.6 Å². The Balaban J connectivity index is 1.84. The van der Waals surface area contributed by atoms with Gasteiger partial charge in [0.2, 0.25) is 0 Å². The Morgan fingerprint density at radius 2 is 2.11 bits per heavy atom. The third-order valence-corrected chi connectivity index (χ3v) is 4.22. The number of hydrogen-bond acceptors (Lipinski definition) is 6. The molecule has 0 radical (unpaired) electrons. The zero-order chi connectivity index (χ0) is 19.4. The normalized spacial score (nSPS) is 14.6. The topological polar surface area (TPSA) is 106 Å². The van der Waals surface area contributed by atoms with Crippen molar-refractivity contribution in [3.8, 4) is 0 Å². The van der Waals surface area contributed by atoms with E-state index in [1.54, 1.807) is 13.0 Å². The summed E-state index contributed by atoms with van der Waals surface area (Å²) in [7, 11) is 0. The molecule has 8 nitrogen and oxygen atoms in total. The zero-order valence-corrected chi connectivity index (χ0v) is 15.6. The van der Waals surface area contributed by atoms with Crippen LogP contribution in [0.2, 0.25) is 0 Å². The number of amides is 2. The highest BCUT2D eigenvalue weighted by molar-refractivity contribution is 6.09. The summed E-state index contributed by atoms with van der Waals surface area (Å²) >= 11 is 0. The van der Waals surface area contributed by atoms with Gasteiger partial charge in [-0.3, -0.25) is 4.79 Å². The Bertz CT molecular complexity index is 901. The molecular weight excluding hydrogens is 348 g/mol. The number of aromatic nitrogens is 1. The highest BCUT2D eigenvalue weighted by Crippen LogP contribution is 2.30. The van der Waals surface area contributed by atoms with E-state index in [2.05, 4.69) is 20.8 Å². The minimum Gasteiger partial charge on any atom is -0.455 e. The van der Waals surface area contributed by atoms with E-state index in [1.807, 2.05) is 26.0 Å². The number of carbonyl (C=O) groups is 2. The summed E-state index contributed by atoms with van der Waals surface area (Å²) in [6, 6.07) is 5.40. The Morgan fingerprint density at radius 3 is 2.85 bits per heavy atom. The summed E-state index contributed by atoms with van der Waals surface area (Å²) < 4.78 is 10.6. The van der Waals surface area contributed by atoms with E-state index < -0.39 is 6.09 Å². The molecule has 0 spiro atoms. The van der Waals surface area contributed by atoms with Crippen molar-refractivity contribution in [3.63, 3.8) is 0 Å². The first kappa shape index (κ1) is 18.6. The first-order valence-electron chi connectivity index (χ1n) is 8.86. The first-order valence-corrected chi connectivity index (χ1v) is 8.86. The van der Waals surface area contributed by atoms with E-state index in [9.17, 15) is 9.59 Å². The van der Waals surface area contributed by atoms with E-state index in [1.165, 1.54) is 0 Å². The number of fused-ring (bicyclic) bond motifs is 1. The van der Waals surface area contributed by atoms with E-state index in [0.717, 1.165) is 17.7 Å². The van der Waals surface area contributed by atoms with Gasteiger partial charge in [-0.25, -0.2) is 15.2 Å². The van der Waals surface area contributed by atoms with Crippen LogP contribution in [-0.2, 0) is 11.2 Å². The SMILES string of the molecule is CCOC(=O)N/N=C1\CCCc2oc(C(=O)Nc3cccc(C)n3)c(C)c21. The van der Waals surface area contributed by atoms with Crippen molar-refractivity contribution in [3.05, 3.63) is 46.5 Å². The molecule has 1 aliphatic carbocycles. The van der Waals surface area contributed by atoms with Crippen LogP contribution in [0.15, 0.2) is 27.7 Å². The molecule has 8 heteroatoms. The molecule has 0 bridgehead atoms. The van der Waals surface area contributed by atoms with Gasteiger partial charge in [-0.05, 0) is 45.7 Å². The maximum absolute atomic E-state index is 12.6. The number of hydrazone groups is 1. The fourth-order valence-corrected chi connectivity index (χ4v) is 3.06. The van der Waals surface area contributed by atoms with Gasteiger partial charge in [0.05, 0.1) is 12.3 Å². The molecule has 2 N–H and O–H groups in total. The molecule has 0 aliphatic heterocycles. The van der Waals surface area contributed by atoms with E-state index in [4.69, 9.17) is 9.15 Å². The summed E-state index contributed by atoms with van der Waals surface area (Å²) in [5, 5.41) is 6.92. The van der Waals surface area contributed by atoms with Crippen LogP contribution >= 0.6 is 0 Å². The predicted octanol–water partition coefficient (Wildman–Crippen LogP) is 3.33. The molecule has 0 saturated carbocycles. The van der Waals surface area contributed by atoms with Crippen LogP contribution in [-0.4, -0.2) is 29.3 Å². The number of nitrogens with one attached hydrogen (secondary N) is 2. The van der Waals surface area contributed by atoms with Gasteiger partial charge in [-0.15, -0.1) is 0 Å². The number of carbonyl (C=O) groups excluding carboxylic acids is 2. The maximum Gasteiger partial charge on any atom is 0.427 e. The number of aryl methyl sites for hydroxylation is 2. The molecule has 2 heterocycles. The second-order valence-electron chi connectivity index (χ2n) is 6.22. The van der Waals surface area contributed by atoms with Crippen LogP contribution in [0.5, 0.6) is 0 Å². The Labute approximate surface area is 157 Å². The first-order chi connectivity index (χ1) is 13.0. The monoisotopic (exact) mass is 370 g/mol. The smallest absolute Gasteiger partial charge is 0.427 e. The highest BCUT2D eigenvalue weighted by Gasteiger charge is 2.28. The van der Waals surface area contributed by atoms with Crippen LogP contribution in [0.3, 0.4) is 0 Å². The molecule has 3 rings (SSSR count). The fraction of sp³-hybridized carbons (Fsp3) is 0.368. The van der Waals surface area contributed by atoms with Gasteiger partial charge >= 0.3 is 6.09 Å². The molecule has 0 unspecified atom stereocenters. The van der Waals surface area contributed by atoms with E-state index >= 15 is 0 Å². The molecule has 2 amide bonds. The fourth-order valence-electron chi connectivity index (χ4n) is 3.06. The lowest BCUT2D eigenvalue weighted by atomic mass is 9.93. The molecule has 0 saturated heterocycles. The van der Waals surface area contributed by atoms with E-state index in [-0.39, 0.29) is 18.3 Å². The minimum atomic E-state index is -0.609. The summed E-state index contributed by atoms with van der Waals surface area (Å²) in [5.74, 6) is 1.03. The summed E-state index contributed by atoms with van der Waals surface area (Å²) in [5.41, 5.74) is 5.34. The molecule has 2 aromatic rings. The number of nitrogens with zero attached hydrogens (tertiary/aromatic N) is 2. The number of anilines is 1. The minimum absolute atomic E-state index is 0.231. The van der Waals surface area contributed by atoms with Gasteiger partial charge in [-0.2, -0.15) is 5.10 Å². The van der Waals surface area contributed by atoms with Gasteiger partial charge in [0, 0.05) is 23.2 Å². The second-order valence-corrected chi connectivity index (χ2v) is 6.22. The number of furan rings is 1. The number of ether oxygens (including phenoxy) is 1. The van der Waals surface area contributed by atoms with Crippen molar-refractivity contribution >= 4 is 23.5 Å². The van der Waals surface area contributed by atoms with Crippen LogP contribution in [0, 0.1) is 13.8 Å². The standard InChI is InChI=1S/C19H22N4O4/c1-4-26-19(25)23-22-13-8-6-9-14-16(13)12(3)17(27-14)18(24)21-15-10-5-7-11(2)20-15/h5,7,10H,4,6,8-9H2,1-3H3,(H,23,25)(H,20,21,24)/b22-13+. The Hall–Kier alpha value is -3.16. The lowest BCUT2D eigenvalue weighted by Gasteiger charge is -2.13. The molecular formula is C19H22N4O4. The number of hydrogen-bond donors (Lipinski definition) is 2. The highest BCUT2D eigenvalue weighted by atomic mass is 16.5. The van der Waals surface area contributed by atoms with Gasteiger partial charge < -0.3 is 14.5 Å². The average molecular weight is 370 g/mol. The van der Waals surface area contributed by atoms with Gasteiger partial charge in [-0.1, -0.05) is 6.07 Å². The molecule has 1 aliphatic rings. The molecule has 0 atom stereocenters. The average Bonchev–Trinajstić information content (AvgIpc) is 2.98. The van der Waals surface area contributed by atoms with E-state index in [0.29, 0.717) is 35.7 Å². The molecule has 0 aromatic carbocycles. The largest absolute Gasteiger partial charge is 0.455 e. The lowest BCUT2D eigenvalue weighted by Crippen LogP contribution is -2.22. The molecule has 27 heavy (non-hydrogen) atoms. The van der Waals surface area contributed by atoms with Crippen molar-refractivity contribution in [2.24, 2.45) is 5.10 Å². The molecule has 142 valence electrons. The van der Waals surface area contributed by atoms with Crippen molar-refractivity contribution < 1.29 is 18.7 Å². The Morgan fingerprint density at radius 1 is 1.30 bits per heavy atom. The van der Waals surface area contributed by atoms with Crippen molar-refractivity contribution in [1.29, 1.82) is 0 Å². The molecule has 0 fully saturated rings. The van der Waals surface area contributed by atoms with Crippen LogP contribution < -0.4 is 10.7 Å². The predicted molar refractivity (Wildman–Crippen MR) is 100 cm³/mol. The van der Waals surface area contributed by atoms with Crippen molar-refractivity contribution in [2.75, 3.05) is 11.9 Å². The Kier molecular flexibility index (Phi) is 5.54. The number of pyridine rings is 1. The van der Waals surface area contributed by atoms with Crippen LogP contribution in [0.1, 0.15) is 52.9 Å². The van der Waals surface area contributed by atoms with Crippen molar-refractivity contribution in [2.45, 2.75) is 40.0 Å². The molecule has 2 aromatic heterocycles. The van der Waals surface area contributed by atoms with Gasteiger partial charge in [0.15, 0.2) is 5.76 Å². The summed E-state index contributed by atoms with van der Waals surface area (Å²) in [6.07, 6.45) is 1.61.